The molecule has 0 atom stereocenters. The van der Waals surface area contributed by atoms with Crippen molar-refractivity contribution in [2.24, 2.45) is 5.11 Å². The van der Waals surface area contributed by atoms with Crippen LogP contribution in [-0.4, -0.2) is 6.54 Å². The highest BCUT2D eigenvalue weighted by molar-refractivity contribution is 5.85. The zero-order chi connectivity index (χ0) is 8.36. The number of hydrogen-bond acceptors (Lipinski definition) is 1. The molecule has 0 rings (SSSR count). The van der Waals surface area contributed by atoms with E-state index in [1.807, 2.05) is 0 Å². The molecule has 72 valence electrons. The summed E-state index contributed by atoms with van der Waals surface area (Å²) in [7, 11) is 0. The van der Waals surface area contributed by atoms with Gasteiger partial charge in [0, 0.05) is 11.5 Å². The average molecular weight is 192 g/mol. The first-order chi connectivity index (χ1) is 5.41. The third kappa shape index (κ3) is 12.3. The van der Waals surface area contributed by atoms with Crippen LogP contribution < -0.4 is 0 Å². The first-order valence-corrected chi connectivity index (χ1v) is 4.42. The Morgan fingerprint density at radius 3 is 2.25 bits per heavy atom. The SMILES string of the molecule is CCCCCCCCN=[N+]=[N-].Cl. The van der Waals surface area contributed by atoms with Crippen molar-refractivity contribution in [3.63, 3.8) is 0 Å². The molecule has 0 unspecified atom stereocenters. The predicted molar refractivity (Wildman–Crippen MR) is 54.6 cm³/mol. The second kappa shape index (κ2) is 13.2. The first-order valence-electron chi connectivity index (χ1n) is 4.42. The standard InChI is InChI=1S/C8H17N3.ClH/c1-2-3-4-5-6-7-8-10-11-9;/h2-8H2,1H3;1H. The van der Waals surface area contributed by atoms with E-state index in [9.17, 15) is 0 Å². The van der Waals surface area contributed by atoms with E-state index >= 15 is 0 Å². The fourth-order valence-electron chi connectivity index (χ4n) is 1.01. The van der Waals surface area contributed by atoms with Crippen molar-refractivity contribution in [3.8, 4) is 0 Å². The van der Waals surface area contributed by atoms with Crippen LogP contribution in [0.15, 0.2) is 5.11 Å². The largest absolute Gasteiger partial charge is 0.147 e. The summed E-state index contributed by atoms with van der Waals surface area (Å²) in [6.45, 7) is 2.88. The predicted octanol–water partition coefficient (Wildman–Crippen LogP) is 4.08. The van der Waals surface area contributed by atoms with Crippen molar-refractivity contribution in [2.45, 2.75) is 45.4 Å². The lowest BCUT2D eigenvalue weighted by atomic mass is 10.1. The quantitative estimate of drug-likeness (QED) is 0.252. The number of nitrogens with zero attached hydrogens (tertiary/aromatic N) is 3. The van der Waals surface area contributed by atoms with E-state index in [1.54, 1.807) is 0 Å². The normalized spacial score (nSPS) is 8.42. The molecule has 0 amide bonds. The van der Waals surface area contributed by atoms with Crippen LogP contribution >= 0.6 is 12.4 Å². The number of halogens is 1. The number of azide groups is 1. The Morgan fingerprint density at radius 1 is 1.08 bits per heavy atom. The van der Waals surface area contributed by atoms with Crippen LogP contribution in [0, 0.1) is 0 Å². The molecule has 0 aromatic heterocycles. The summed E-state index contributed by atoms with van der Waals surface area (Å²) in [6.07, 6.45) is 7.49. The second-order valence-electron chi connectivity index (χ2n) is 2.72. The van der Waals surface area contributed by atoms with Crippen molar-refractivity contribution in [3.05, 3.63) is 10.4 Å². The highest BCUT2D eigenvalue weighted by atomic mass is 35.5. The molecule has 0 saturated carbocycles. The Kier molecular flexibility index (Phi) is 15.6. The van der Waals surface area contributed by atoms with Gasteiger partial charge in [0.05, 0.1) is 0 Å². The second-order valence-corrected chi connectivity index (χ2v) is 2.72. The van der Waals surface area contributed by atoms with Gasteiger partial charge in [0.2, 0.25) is 0 Å². The van der Waals surface area contributed by atoms with Gasteiger partial charge in [-0.1, -0.05) is 44.1 Å². The van der Waals surface area contributed by atoms with Crippen LogP contribution in [0.25, 0.3) is 10.4 Å². The maximum absolute atomic E-state index is 7.97. The molecular weight excluding hydrogens is 174 g/mol. The molecule has 3 nitrogen and oxygen atoms in total. The molecule has 12 heavy (non-hydrogen) atoms. The zero-order valence-corrected chi connectivity index (χ0v) is 8.52. The molecule has 0 aromatic rings. The number of rotatable bonds is 7. The summed E-state index contributed by atoms with van der Waals surface area (Å²) in [5.41, 5.74) is 7.97. The van der Waals surface area contributed by atoms with E-state index in [-0.39, 0.29) is 12.4 Å². The van der Waals surface area contributed by atoms with Crippen molar-refractivity contribution in [2.75, 3.05) is 6.54 Å². The molecule has 0 N–H and O–H groups in total. The van der Waals surface area contributed by atoms with Crippen molar-refractivity contribution in [1.82, 2.24) is 0 Å². The molecule has 0 heterocycles. The van der Waals surface area contributed by atoms with Crippen LogP contribution in [0.4, 0.5) is 0 Å². The highest BCUT2D eigenvalue weighted by Gasteiger charge is 1.87. The van der Waals surface area contributed by atoms with Gasteiger partial charge >= 0.3 is 0 Å². The summed E-state index contributed by atoms with van der Waals surface area (Å²) in [5, 5.41) is 3.47. The summed E-state index contributed by atoms with van der Waals surface area (Å²) >= 11 is 0. The lowest BCUT2D eigenvalue weighted by Crippen LogP contribution is -1.81. The van der Waals surface area contributed by atoms with Crippen LogP contribution in [0.5, 0.6) is 0 Å². The summed E-state index contributed by atoms with van der Waals surface area (Å²) in [5.74, 6) is 0. The van der Waals surface area contributed by atoms with E-state index in [4.69, 9.17) is 5.53 Å². The highest BCUT2D eigenvalue weighted by Crippen LogP contribution is 2.04. The molecule has 0 aromatic carbocycles. The molecule has 0 spiro atoms. The minimum atomic E-state index is 0. The van der Waals surface area contributed by atoms with Gasteiger partial charge in [-0.25, -0.2) is 0 Å². The monoisotopic (exact) mass is 191 g/mol. The summed E-state index contributed by atoms with van der Waals surface area (Å²) in [4.78, 5) is 2.69. The fourth-order valence-corrected chi connectivity index (χ4v) is 1.01. The molecule has 0 aliphatic rings. The van der Waals surface area contributed by atoms with Crippen LogP contribution in [-0.2, 0) is 0 Å². The van der Waals surface area contributed by atoms with Gasteiger partial charge in [-0.05, 0) is 12.0 Å². The molecule has 0 fully saturated rings. The summed E-state index contributed by atoms with van der Waals surface area (Å²) in [6, 6.07) is 0. The van der Waals surface area contributed by atoms with Gasteiger partial charge in [0.1, 0.15) is 0 Å². The molecule has 0 radical (unpaired) electrons. The van der Waals surface area contributed by atoms with Gasteiger partial charge in [-0.15, -0.1) is 12.4 Å². The smallest absolute Gasteiger partial charge is 0.0257 e. The Morgan fingerprint density at radius 2 is 1.67 bits per heavy atom. The van der Waals surface area contributed by atoms with E-state index in [2.05, 4.69) is 16.9 Å². The average Bonchev–Trinajstić information content (AvgIpc) is 2.03. The molecule has 0 bridgehead atoms. The maximum atomic E-state index is 7.97. The topological polar surface area (TPSA) is 48.8 Å². The Balaban J connectivity index is 0. The van der Waals surface area contributed by atoms with E-state index in [0.29, 0.717) is 6.54 Å². The van der Waals surface area contributed by atoms with Crippen LogP contribution in [0.2, 0.25) is 0 Å². The van der Waals surface area contributed by atoms with Crippen LogP contribution in [0.3, 0.4) is 0 Å². The van der Waals surface area contributed by atoms with E-state index < -0.39 is 0 Å². The van der Waals surface area contributed by atoms with Gasteiger partial charge < -0.3 is 0 Å². The maximum Gasteiger partial charge on any atom is 0.0257 e. The number of hydrogen-bond donors (Lipinski definition) is 0. The van der Waals surface area contributed by atoms with E-state index in [0.717, 1.165) is 6.42 Å². The zero-order valence-electron chi connectivity index (χ0n) is 7.70. The molecule has 0 saturated heterocycles. The Labute approximate surface area is 80.6 Å². The molecular formula is C8H18ClN3. The molecule has 0 aliphatic heterocycles. The minimum absolute atomic E-state index is 0. The van der Waals surface area contributed by atoms with Gasteiger partial charge in [-0.2, -0.15) is 0 Å². The van der Waals surface area contributed by atoms with Gasteiger partial charge in [0.15, 0.2) is 0 Å². The van der Waals surface area contributed by atoms with Crippen molar-refractivity contribution < 1.29 is 0 Å². The minimum Gasteiger partial charge on any atom is -0.147 e. The Bertz CT molecular complexity index is 121. The molecule has 4 heteroatoms. The first kappa shape index (κ1) is 14.1. The van der Waals surface area contributed by atoms with Crippen molar-refractivity contribution in [1.29, 1.82) is 0 Å². The third-order valence-corrected chi connectivity index (χ3v) is 1.67. The summed E-state index contributed by atoms with van der Waals surface area (Å²) < 4.78 is 0. The lowest BCUT2D eigenvalue weighted by Gasteiger charge is -1.96. The molecule has 0 aliphatic carbocycles. The Hall–Kier alpha value is -0.400. The van der Waals surface area contributed by atoms with Gasteiger partial charge in [0.25, 0.3) is 0 Å². The van der Waals surface area contributed by atoms with E-state index in [1.165, 1.54) is 32.1 Å². The van der Waals surface area contributed by atoms with Gasteiger partial charge in [-0.3, -0.25) is 0 Å². The number of unbranched alkanes of at least 4 members (excludes halogenated alkanes) is 5. The fraction of sp³-hybridized carbons (Fsp3) is 1.00. The van der Waals surface area contributed by atoms with Crippen molar-refractivity contribution >= 4 is 12.4 Å². The van der Waals surface area contributed by atoms with Crippen LogP contribution in [0.1, 0.15) is 45.4 Å². The third-order valence-electron chi connectivity index (χ3n) is 1.67. The lowest BCUT2D eigenvalue weighted by molar-refractivity contribution is 0.611.